The van der Waals surface area contributed by atoms with Crippen molar-refractivity contribution in [2.75, 3.05) is 13.1 Å². The number of halogens is 1. The molecule has 0 fully saturated rings. The molecule has 6 heteroatoms. The van der Waals surface area contributed by atoms with E-state index in [2.05, 4.69) is 16.6 Å². The molecule has 0 aliphatic carbocycles. The fraction of sp³-hybridized carbons (Fsp3) is 0.429. The molecule has 0 aromatic heterocycles. The first-order valence-electron chi connectivity index (χ1n) is 6.35. The normalized spacial score (nSPS) is 11.2. The van der Waals surface area contributed by atoms with Gasteiger partial charge in [0.1, 0.15) is 10.7 Å². The summed E-state index contributed by atoms with van der Waals surface area (Å²) in [5.41, 5.74) is 5.62. The first kappa shape index (κ1) is 16.6. The molecule has 0 saturated carbocycles. The summed E-state index contributed by atoms with van der Waals surface area (Å²) >= 11 is 0. The zero-order valence-corrected chi connectivity index (χ0v) is 12.4. The average molecular weight is 298 g/mol. The monoisotopic (exact) mass is 298 g/mol. The second-order valence-electron chi connectivity index (χ2n) is 4.73. The van der Waals surface area contributed by atoms with E-state index in [0.717, 1.165) is 6.07 Å². The van der Waals surface area contributed by atoms with E-state index >= 15 is 0 Å². The van der Waals surface area contributed by atoms with Crippen LogP contribution in [0.15, 0.2) is 23.1 Å². The highest BCUT2D eigenvalue weighted by atomic mass is 32.2. The standard InChI is InChI=1S/C14H19FN2O2S/c1-11(2)7-9-17-20(18,19)14-6-5-12(4-3-8-16)10-13(14)15/h5-6,10-11,17H,7-9,16H2,1-2H3. The molecule has 0 spiro atoms. The Kier molecular flexibility index (Phi) is 6.14. The second kappa shape index (κ2) is 7.39. The van der Waals surface area contributed by atoms with Crippen molar-refractivity contribution >= 4 is 10.0 Å². The van der Waals surface area contributed by atoms with Crippen LogP contribution in [0.3, 0.4) is 0 Å². The number of hydrogen-bond acceptors (Lipinski definition) is 3. The predicted octanol–water partition coefficient (Wildman–Crippen LogP) is 1.46. The lowest BCUT2D eigenvalue weighted by Gasteiger charge is -2.09. The number of hydrogen-bond donors (Lipinski definition) is 2. The fourth-order valence-electron chi connectivity index (χ4n) is 1.51. The van der Waals surface area contributed by atoms with Crippen molar-refractivity contribution in [1.29, 1.82) is 0 Å². The summed E-state index contributed by atoms with van der Waals surface area (Å²) in [6, 6.07) is 3.77. The van der Waals surface area contributed by atoms with E-state index in [1.54, 1.807) is 0 Å². The molecule has 0 aliphatic rings. The molecule has 1 aromatic rings. The van der Waals surface area contributed by atoms with Gasteiger partial charge in [0.05, 0.1) is 6.54 Å². The summed E-state index contributed by atoms with van der Waals surface area (Å²) in [7, 11) is -3.82. The molecule has 110 valence electrons. The Morgan fingerprint density at radius 2 is 2.10 bits per heavy atom. The zero-order chi connectivity index (χ0) is 15.2. The third kappa shape index (κ3) is 4.93. The highest BCUT2D eigenvalue weighted by Crippen LogP contribution is 2.15. The molecule has 0 bridgehead atoms. The Labute approximate surface area is 119 Å². The fourth-order valence-corrected chi connectivity index (χ4v) is 2.61. The Morgan fingerprint density at radius 3 is 2.65 bits per heavy atom. The topological polar surface area (TPSA) is 72.2 Å². The van der Waals surface area contributed by atoms with Crippen molar-refractivity contribution in [1.82, 2.24) is 4.72 Å². The van der Waals surface area contributed by atoms with E-state index < -0.39 is 15.8 Å². The molecule has 0 aliphatic heterocycles. The molecule has 0 heterocycles. The van der Waals surface area contributed by atoms with Crippen LogP contribution in [0.25, 0.3) is 0 Å². The highest BCUT2D eigenvalue weighted by molar-refractivity contribution is 7.89. The van der Waals surface area contributed by atoms with Gasteiger partial charge < -0.3 is 5.73 Å². The summed E-state index contributed by atoms with van der Waals surface area (Å²) in [5, 5.41) is 0. The molecule has 0 amide bonds. The molecule has 0 radical (unpaired) electrons. The molecule has 1 aromatic carbocycles. The Morgan fingerprint density at radius 1 is 1.40 bits per heavy atom. The number of nitrogens with one attached hydrogen (secondary N) is 1. The first-order chi connectivity index (χ1) is 9.36. The summed E-state index contributed by atoms with van der Waals surface area (Å²) in [5.74, 6) is 4.79. The molecule has 4 nitrogen and oxygen atoms in total. The number of rotatable bonds is 5. The van der Waals surface area contributed by atoms with Crippen LogP contribution in [0.2, 0.25) is 0 Å². The smallest absolute Gasteiger partial charge is 0.243 e. The largest absolute Gasteiger partial charge is 0.320 e. The molecule has 0 saturated heterocycles. The number of sulfonamides is 1. The van der Waals surface area contributed by atoms with Crippen LogP contribution >= 0.6 is 0 Å². The van der Waals surface area contributed by atoms with Gasteiger partial charge in [-0.05, 0) is 30.5 Å². The Balaban J connectivity index is 2.90. The molecule has 20 heavy (non-hydrogen) atoms. The highest BCUT2D eigenvalue weighted by Gasteiger charge is 2.18. The molecule has 0 unspecified atom stereocenters. The van der Waals surface area contributed by atoms with E-state index in [1.807, 2.05) is 13.8 Å². The van der Waals surface area contributed by atoms with Crippen molar-refractivity contribution in [2.45, 2.75) is 25.2 Å². The Bertz CT molecular complexity index is 616. The maximum Gasteiger partial charge on any atom is 0.243 e. The Hall–Kier alpha value is -1.42. The van der Waals surface area contributed by atoms with E-state index in [4.69, 9.17) is 5.73 Å². The average Bonchev–Trinajstić information content (AvgIpc) is 2.35. The van der Waals surface area contributed by atoms with E-state index in [-0.39, 0.29) is 18.0 Å². The summed E-state index contributed by atoms with van der Waals surface area (Å²) < 4.78 is 40.1. The predicted molar refractivity (Wildman–Crippen MR) is 77.0 cm³/mol. The van der Waals surface area contributed by atoms with Crippen LogP contribution in [0.1, 0.15) is 25.8 Å². The van der Waals surface area contributed by atoms with Gasteiger partial charge >= 0.3 is 0 Å². The van der Waals surface area contributed by atoms with E-state index in [9.17, 15) is 12.8 Å². The van der Waals surface area contributed by atoms with Crippen LogP contribution in [0.5, 0.6) is 0 Å². The summed E-state index contributed by atoms with van der Waals surface area (Å²) in [6.07, 6.45) is 0.695. The maximum atomic E-state index is 13.8. The van der Waals surface area contributed by atoms with Crippen molar-refractivity contribution in [3.63, 3.8) is 0 Å². The third-order valence-corrected chi connectivity index (χ3v) is 4.06. The van der Waals surface area contributed by atoms with Gasteiger partial charge in [0, 0.05) is 12.1 Å². The minimum atomic E-state index is -3.82. The van der Waals surface area contributed by atoms with E-state index in [1.165, 1.54) is 12.1 Å². The third-order valence-electron chi connectivity index (χ3n) is 2.57. The molecular weight excluding hydrogens is 279 g/mol. The van der Waals surface area contributed by atoms with E-state index in [0.29, 0.717) is 17.9 Å². The van der Waals surface area contributed by atoms with Gasteiger partial charge in [-0.25, -0.2) is 17.5 Å². The molecule has 1 rings (SSSR count). The minimum absolute atomic E-state index is 0.165. The second-order valence-corrected chi connectivity index (χ2v) is 6.47. The first-order valence-corrected chi connectivity index (χ1v) is 7.83. The quantitative estimate of drug-likeness (QED) is 0.808. The van der Waals surface area contributed by atoms with Crippen molar-refractivity contribution in [3.05, 3.63) is 29.6 Å². The van der Waals surface area contributed by atoms with Crippen LogP contribution in [-0.2, 0) is 10.0 Å². The molecule has 3 N–H and O–H groups in total. The van der Waals surface area contributed by atoms with Crippen molar-refractivity contribution in [2.24, 2.45) is 11.7 Å². The van der Waals surface area contributed by atoms with Gasteiger partial charge in [0.25, 0.3) is 0 Å². The lowest BCUT2D eigenvalue weighted by Crippen LogP contribution is -2.26. The summed E-state index contributed by atoms with van der Waals surface area (Å²) in [4.78, 5) is -0.362. The van der Waals surface area contributed by atoms with Crippen LogP contribution in [0, 0.1) is 23.6 Å². The van der Waals surface area contributed by atoms with Gasteiger partial charge in [0.2, 0.25) is 10.0 Å². The number of benzene rings is 1. The molecular formula is C14H19FN2O2S. The lowest BCUT2D eigenvalue weighted by atomic mass is 10.1. The summed E-state index contributed by atoms with van der Waals surface area (Å²) in [6.45, 7) is 4.42. The number of nitrogens with two attached hydrogens (primary N) is 1. The van der Waals surface area contributed by atoms with Gasteiger partial charge in [0.15, 0.2) is 0 Å². The minimum Gasteiger partial charge on any atom is -0.320 e. The van der Waals surface area contributed by atoms with Gasteiger partial charge in [-0.2, -0.15) is 0 Å². The molecule has 0 atom stereocenters. The van der Waals surface area contributed by atoms with Crippen LogP contribution < -0.4 is 10.5 Å². The van der Waals surface area contributed by atoms with Crippen LogP contribution in [-0.4, -0.2) is 21.5 Å². The lowest BCUT2D eigenvalue weighted by molar-refractivity contribution is 0.540. The zero-order valence-electron chi connectivity index (χ0n) is 11.6. The van der Waals surface area contributed by atoms with Gasteiger partial charge in [-0.1, -0.05) is 25.7 Å². The van der Waals surface area contributed by atoms with Crippen LogP contribution in [0.4, 0.5) is 4.39 Å². The van der Waals surface area contributed by atoms with Crippen molar-refractivity contribution in [3.8, 4) is 11.8 Å². The maximum absolute atomic E-state index is 13.8. The van der Waals surface area contributed by atoms with Gasteiger partial charge in [-0.3, -0.25) is 0 Å². The SMILES string of the molecule is CC(C)CCNS(=O)(=O)c1ccc(C#CCN)cc1F. The van der Waals surface area contributed by atoms with Gasteiger partial charge in [-0.15, -0.1) is 0 Å². The van der Waals surface area contributed by atoms with Crippen molar-refractivity contribution < 1.29 is 12.8 Å².